The minimum absolute atomic E-state index is 0.0431. The van der Waals surface area contributed by atoms with Crippen LogP contribution < -0.4 is 5.32 Å². The van der Waals surface area contributed by atoms with E-state index in [2.05, 4.69) is 20.4 Å². The molecule has 0 bridgehead atoms. The molecule has 9 heteroatoms. The first-order chi connectivity index (χ1) is 13.0. The van der Waals surface area contributed by atoms with E-state index in [1.54, 1.807) is 11.4 Å². The van der Waals surface area contributed by atoms with E-state index in [0.29, 0.717) is 16.6 Å². The normalized spacial score (nSPS) is 11.2. The van der Waals surface area contributed by atoms with Gasteiger partial charge in [-0.15, -0.1) is 5.10 Å². The Morgan fingerprint density at radius 2 is 2.07 bits per heavy atom. The summed E-state index contributed by atoms with van der Waals surface area (Å²) in [6, 6.07) is 11.7. The fourth-order valence-corrected chi connectivity index (χ4v) is 3.54. The number of halogens is 2. The molecule has 0 aliphatic heterocycles. The van der Waals surface area contributed by atoms with Gasteiger partial charge >= 0.3 is 0 Å². The van der Waals surface area contributed by atoms with Crippen molar-refractivity contribution >= 4 is 51.5 Å². The molecule has 4 rings (SSSR count). The van der Waals surface area contributed by atoms with Gasteiger partial charge < -0.3 is 5.32 Å². The van der Waals surface area contributed by atoms with E-state index in [1.807, 2.05) is 24.3 Å². The maximum atomic E-state index is 13.8. The van der Waals surface area contributed by atoms with E-state index in [0.717, 1.165) is 17.0 Å². The molecular formula is C18H13ClFN5OS. The molecule has 0 atom stereocenters. The predicted octanol–water partition coefficient (Wildman–Crippen LogP) is 4.11. The molecule has 2 heterocycles. The Morgan fingerprint density at radius 3 is 2.89 bits per heavy atom. The monoisotopic (exact) mass is 401 g/mol. The molecule has 0 radical (unpaired) electrons. The molecule has 27 heavy (non-hydrogen) atoms. The minimum Gasteiger partial charge on any atom is -0.323 e. The highest BCUT2D eigenvalue weighted by atomic mass is 35.5. The summed E-state index contributed by atoms with van der Waals surface area (Å²) in [7, 11) is 0. The van der Waals surface area contributed by atoms with Gasteiger partial charge in [0.25, 0.3) is 0 Å². The van der Waals surface area contributed by atoms with Gasteiger partial charge in [0.2, 0.25) is 5.91 Å². The van der Waals surface area contributed by atoms with Crippen molar-refractivity contribution in [3.8, 4) is 0 Å². The molecule has 2 aromatic carbocycles. The summed E-state index contributed by atoms with van der Waals surface area (Å²) in [6.45, 7) is 1.80. The fourth-order valence-electron chi connectivity index (χ4n) is 2.63. The number of nitrogens with zero attached hydrogens (tertiary/aromatic N) is 4. The largest absolute Gasteiger partial charge is 0.323 e. The first-order valence-electron chi connectivity index (χ1n) is 8.01. The van der Waals surface area contributed by atoms with Crippen LogP contribution in [0.4, 0.5) is 10.1 Å². The van der Waals surface area contributed by atoms with Crippen molar-refractivity contribution < 1.29 is 9.18 Å². The van der Waals surface area contributed by atoms with Gasteiger partial charge in [-0.1, -0.05) is 35.5 Å². The van der Waals surface area contributed by atoms with Gasteiger partial charge in [-0.3, -0.25) is 4.79 Å². The second-order valence-corrected chi connectivity index (χ2v) is 7.15. The molecule has 6 nitrogen and oxygen atoms in total. The minimum atomic E-state index is -0.584. The highest BCUT2D eigenvalue weighted by Crippen LogP contribution is 2.24. The van der Waals surface area contributed by atoms with Crippen LogP contribution >= 0.6 is 23.4 Å². The lowest BCUT2D eigenvalue weighted by atomic mass is 10.2. The number of aryl methyl sites for hydroxylation is 1. The molecule has 0 fully saturated rings. The molecule has 0 saturated carbocycles. The summed E-state index contributed by atoms with van der Waals surface area (Å²) in [5.41, 5.74) is 1.53. The number of amides is 1. The SMILES string of the molecule is Cc1nc2c3ccccc3nc(SCC(=O)Nc3ccc(Cl)cc3F)n2n1. The Balaban J connectivity index is 1.58. The number of para-hydroxylation sites is 1. The lowest BCUT2D eigenvalue weighted by Gasteiger charge is -2.08. The molecule has 1 amide bonds. The second kappa shape index (κ2) is 7.13. The molecule has 2 aromatic heterocycles. The summed E-state index contributed by atoms with van der Waals surface area (Å²) >= 11 is 6.92. The molecular weight excluding hydrogens is 389 g/mol. The topological polar surface area (TPSA) is 72.2 Å². The van der Waals surface area contributed by atoms with E-state index < -0.39 is 5.82 Å². The summed E-state index contributed by atoms with van der Waals surface area (Å²) in [6.07, 6.45) is 0. The van der Waals surface area contributed by atoms with Crippen molar-refractivity contribution in [3.05, 3.63) is 59.1 Å². The van der Waals surface area contributed by atoms with Gasteiger partial charge in [0, 0.05) is 10.4 Å². The molecule has 0 aliphatic rings. The smallest absolute Gasteiger partial charge is 0.234 e. The van der Waals surface area contributed by atoms with Crippen LogP contribution in [0.5, 0.6) is 0 Å². The standard InChI is InChI=1S/C18H13ClFN5OS/c1-10-21-17-12-4-2-3-5-14(12)23-18(25(17)24-10)27-9-16(26)22-15-7-6-11(19)8-13(15)20/h2-8H,9H2,1H3,(H,22,26). The number of benzene rings is 2. The van der Waals surface area contributed by atoms with E-state index in [-0.39, 0.29) is 22.4 Å². The zero-order valence-corrected chi connectivity index (χ0v) is 15.7. The highest BCUT2D eigenvalue weighted by molar-refractivity contribution is 7.99. The summed E-state index contributed by atoms with van der Waals surface area (Å²) in [5.74, 6) is -0.288. The predicted molar refractivity (Wildman–Crippen MR) is 104 cm³/mol. The number of thioether (sulfide) groups is 1. The summed E-state index contributed by atoms with van der Waals surface area (Å²) in [5, 5.41) is 8.59. The molecule has 0 aliphatic carbocycles. The van der Waals surface area contributed by atoms with Crippen LogP contribution in [0, 0.1) is 12.7 Å². The van der Waals surface area contributed by atoms with Crippen LogP contribution in [0.25, 0.3) is 16.6 Å². The number of nitrogens with one attached hydrogen (secondary N) is 1. The van der Waals surface area contributed by atoms with E-state index in [1.165, 1.54) is 23.9 Å². The third kappa shape index (κ3) is 3.58. The first kappa shape index (κ1) is 17.7. The summed E-state index contributed by atoms with van der Waals surface area (Å²) < 4.78 is 15.4. The number of carbonyl (C=O) groups is 1. The number of fused-ring (bicyclic) bond motifs is 3. The maximum Gasteiger partial charge on any atom is 0.234 e. The second-order valence-electron chi connectivity index (χ2n) is 5.77. The van der Waals surface area contributed by atoms with Crippen molar-refractivity contribution in [1.82, 2.24) is 19.6 Å². The molecule has 0 spiro atoms. The molecule has 4 aromatic rings. The van der Waals surface area contributed by atoms with Crippen molar-refractivity contribution in [2.75, 3.05) is 11.1 Å². The average Bonchev–Trinajstić information content (AvgIpc) is 3.04. The van der Waals surface area contributed by atoms with E-state index in [9.17, 15) is 9.18 Å². The Labute approximate surface area is 162 Å². The van der Waals surface area contributed by atoms with Crippen LogP contribution in [0.15, 0.2) is 47.6 Å². The van der Waals surface area contributed by atoms with Gasteiger partial charge in [-0.05, 0) is 37.3 Å². The Morgan fingerprint density at radius 1 is 1.26 bits per heavy atom. The van der Waals surface area contributed by atoms with Crippen LogP contribution in [-0.2, 0) is 4.79 Å². The Bertz CT molecular complexity index is 1180. The highest BCUT2D eigenvalue weighted by Gasteiger charge is 2.14. The molecule has 1 N–H and O–H groups in total. The van der Waals surface area contributed by atoms with Crippen molar-refractivity contribution in [2.24, 2.45) is 0 Å². The Kier molecular flexibility index (Phi) is 4.67. The average molecular weight is 402 g/mol. The lowest BCUT2D eigenvalue weighted by molar-refractivity contribution is -0.113. The maximum absolute atomic E-state index is 13.8. The van der Waals surface area contributed by atoms with Crippen LogP contribution in [-0.4, -0.2) is 31.2 Å². The fraction of sp³-hybridized carbons (Fsp3) is 0.111. The van der Waals surface area contributed by atoms with Gasteiger partial charge in [-0.2, -0.15) is 4.52 Å². The Hall–Kier alpha value is -2.71. The zero-order valence-electron chi connectivity index (χ0n) is 14.1. The number of hydrogen-bond donors (Lipinski definition) is 1. The van der Waals surface area contributed by atoms with Crippen LogP contribution in [0.3, 0.4) is 0 Å². The van der Waals surface area contributed by atoms with Gasteiger partial charge in [0.15, 0.2) is 10.8 Å². The number of rotatable bonds is 4. The number of anilines is 1. The quantitative estimate of drug-likeness (QED) is 0.411. The van der Waals surface area contributed by atoms with Gasteiger partial charge in [-0.25, -0.2) is 14.4 Å². The molecule has 0 saturated heterocycles. The number of carbonyl (C=O) groups excluding carboxylic acids is 1. The number of aromatic nitrogens is 4. The van der Waals surface area contributed by atoms with Gasteiger partial charge in [0.05, 0.1) is 17.0 Å². The third-order valence-corrected chi connectivity index (χ3v) is 4.96. The van der Waals surface area contributed by atoms with Crippen molar-refractivity contribution in [3.63, 3.8) is 0 Å². The third-order valence-electron chi connectivity index (χ3n) is 3.79. The first-order valence-corrected chi connectivity index (χ1v) is 9.37. The van der Waals surface area contributed by atoms with E-state index in [4.69, 9.17) is 11.6 Å². The lowest BCUT2D eigenvalue weighted by Crippen LogP contribution is -2.15. The van der Waals surface area contributed by atoms with Crippen molar-refractivity contribution in [1.29, 1.82) is 0 Å². The van der Waals surface area contributed by atoms with Crippen LogP contribution in [0.1, 0.15) is 5.82 Å². The van der Waals surface area contributed by atoms with Crippen LogP contribution in [0.2, 0.25) is 5.02 Å². The zero-order chi connectivity index (χ0) is 19.0. The summed E-state index contributed by atoms with van der Waals surface area (Å²) in [4.78, 5) is 21.3. The molecule has 136 valence electrons. The number of hydrogen-bond acceptors (Lipinski definition) is 5. The van der Waals surface area contributed by atoms with E-state index >= 15 is 0 Å². The van der Waals surface area contributed by atoms with Crippen molar-refractivity contribution in [2.45, 2.75) is 12.1 Å². The molecule has 0 unspecified atom stereocenters. The van der Waals surface area contributed by atoms with Gasteiger partial charge in [0.1, 0.15) is 11.6 Å².